The number of amides is 2. The lowest BCUT2D eigenvalue weighted by Gasteiger charge is -2.36. The second-order valence-corrected chi connectivity index (χ2v) is 7.65. The maximum atomic E-state index is 12.6. The Labute approximate surface area is 143 Å². The molecule has 2 rings (SSSR count). The van der Waals surface area contributed by atoms with E-state index in [-0.39, 0.29) is 17.7 Å². The fourth-order valence-electron chi connectivity index (χ4n) is 2.83. The molecule has 1 unspecified atom stereocenters. The summed E-state index contributed by atoms with van der Waals surface area (Å²) < 4.78 is 0. The van der Waals surface area contributed by atoms with Gasteiger partial charge in [0.05, 0.1) is 5.92 Å². The minimum Gasteiger partial charge on any atom is -0.341 e. The van der Waals surface area contributed by atoms with Gasteiger partial charge in [0.2, 0.25) is 11.8 Å². The molecule has 1 saturated heterocycles. The lowest BCUT2D eigenvalue weighted by molar-refractivity contribution is -0.142. The van der Waals surface area contributed by atoms with Gasteiger partial charge in [-0.15, -0.1) is 0 Å². The summed E-state index contributed by atoms with van der Waals surface area (Å²) in [7, 11) is 0. The van der Waals surface area contributed by atoms with Crippen LogP contribution in [0.2, 0.25) is 5.02 Å². The molecule has 5 heteroatoms. The predicted molar refractivity (Wildman–Crippen MR) is 93.6 cm³/mol. The first-order valence-corrected chi connectivity index (χ1v) is 8.43. The van der Waals surface area contributed by atoms with E-state index in [1.165, 1.54) is 0 Å². The van der Waals surface area contributed by atoms with Crippen molar-refractivity contribution in [2.45, 2.75) is 40.5 Å². The van der Waals surface area contributed by atoms with Gasteiger partial charge in [0.1, 0.15) is 0 Å². The van der Waals surface area contributed by atoms with Crippen molar-refractivity contribution in [3.8, 4) is 0 Å². The zero-order chi connectivity index (χ0) is 17.2. The van der Waals surface area contributed by atoms with Crippen molar-refractivity contribution >= 4 is 29.1 Å². The second kappa shape index (κ2) is 6.91. The second-order valence-electron chi connectivity index (χ2n) is 7.24. The van der Waals surface area contributed by atoms with Gasteiger partial charge >= 0.3 is 0 Å². The zero-order valence-electron chi connectivity index (χ0n) is 14.3. The quantitative estimate of drug-likeness (QED) is 0.891. The fourth-order valence-corrected chi connectivity index (χ4v) is 3.00. The van der Waals surface area contributed by atoms with Crippen molar-refractivity contribution in [1.29, 1.82) is 0 Å². The van der Waals surface area contributed by atoms with E-state index in [0.717, 1.165) is 30.6 Å². The van der Waals surface area contributed by atoms with Gasteiger partial charge in [0, 0.05) is 29.2 Å². The summed E-state index contributed by atoms with van der Waals surface area (Å²) >= 11 is 6.09. The third-order valence-electron chi connectivity index (χ3n) is 4.25. The summed E-state index contributed by atoms with van der Waals surface area (Å²) in [5, 5.41) is 3.59. The predicted octanol–water partition coefficient (Wildman–Crippen LogP) is 3.87. The monoisotopic (exact) mass is 336 g/mol. The summed E-state index contributed by atoms with van der Waals surface area (Å²) in [6.07, 6.45) is 1.66. The lowest BCUT2D eigenvalue weighted by atomic mass is 9.91. The van der Waals surface area contributed by atoms with Crippen molar-refractivity contribution in [3.05, 3.63) is 28.8 Å². The molecule has 0 saturated carbocycles. The maximum absolute atomic E-state index is 12.6. The van der Waals surface area contributed by atoms with Gasteiger partial charge in [-0.1, -0.05) is 38.4 Å². The first-order chi connectivity index (χ1) is 10.7. The summed E-state index contributed by atoms with van der Waals surface area (Å²) in [5.74, 6) is -0.107. The Morgan fingerprint density at radius 3 is 2.65 bits per heavy atom. The van der Waals surface area contributed by atoms with Gasteiger partial charge in [-0.2, -0.15) is 0 Å². The molecule has 1 aromatic carbocycles. The molecule has 126 valence electrons. The molecule has 1 heterocycles. The molecular weight excluding hydrogens is 312 g/mol. The van der Waals surface area contributed by atoms with E-state index in [1.807, 2.05) is 44.7 Å². The van der Waals surface area contributed by atoms with Gasteiger partial charge in [-0.05, 0) is 37.5 Å². The van der Waals surface area contributed by atoms with E-state index in [2.05, 4.69) is 5.32 Å². The number of nitrogens with one attached hydrogen (secondary N) is 1. The Morgan fingerprint density at radius 1 is 1.30 bits per heavy atom. The molecular formula is C18H25ClN2O2. The van der Waals surface area contributed by atoms with Gasteiger partial charge in [-0.3, -0.25) is 9.59 Å². The summed E-state index contributed by atoms with van der Waals surface area (Å²) in [4.78, 5) is 26.8. The summed E-state index contributed by atoms with van der Waals surface area (Å²) in [5.41, 5.74) is 1.18. The molecule has 4 nitrogen and oxygen atoms in total. The van der Waals surface area contributed by atoms with Crippen molar-refractivity contribution in [1.82, 2.24) is 4.90 Å². The molecule has 0 radical (unpaired) electrons. The number of carbonyl (C=O) groups is 2. The standard InChI is InChI=1S/C18H25ClN2O2/c1-12-14(19)8-5-9-15(12)20-16(22)13-7-6-10-21(11-13)17(23)18(2,3)4/h5,8-9,13H,6-7,10-11H2,1-4H3,(H,20,22). The fraction of sp³-hybridized carbons (Fsp3) is 0.556. The topological polar surface area (TPSA) is 49.4 Å². The molecule has 1 N–H and O–H groups in total. The van der Waals surface area contributed by atoms with Crippen LogP contribution >= 0.6 is 11.6 Å². The van der Waals surface area contributed by atoms with E-state index in [9.17, 15) is 9.59 Å². The summed E-state index contributed by atoms with van der Waals surface area (Å²) in [6.45, 7) is 8.84. The van der Waals surface area contributed by atoms with Crippen LogP contribution in [0.25, 0.3) is 0 Å². The number of hydrogen-bond donors (Lipinski definition) is 1. The molecule has 0 bridgehead atoms. The largest absolute Gasteiger partial charge is 0.341 e. The Kier molecular flexibility index (Phi) is 5.35. The van der Waals surface area contributed by atoms with E-state index in [1.54, 1.807) is 6.07 Å². The number of piperidine rings is 1. The van der Waals surface area contributed by atoms with Crippen LogP contribution in [0.5, 0.6) is 0 Å². The molecule has 1 aromatic rings. The van der Waals surface area contributed by atoms with Crippen LogP contribution < -0.4 is 5.32 Å². The Morgan fingerprint density at radius 2 is 2.00 bits per heavy atom. The van der Waals surface area contributed by atoms with E-state index < -0.39 is 5.41 Å². The number of nitrogens with zero attached hydrogens (tertiary/aromatic N) is 1. The zero-order valence-corrected chi connectivity index (χ0v) is 15.0. The molecule has 1 atom stereocenters. The Bertz CT molecular complexity index is 608. The van der Waals surface area contributed by atoms with Crippen molar-refractivity contribution < 1.29 is 9.59 Å². The average molecular weight is 337 g/mol. The van der Waals surface area contributed by atoms with E-state index in [0.29, 0.717) is 11.6 Å². The van der Waals surface area contributed by atoms with Crippen molar-refractivity contribution in [2.75, 3.05) is 18.4 Å². The average Bonchev–Trinajstić information content (AvgIpc) is 2.50. The van der Waals surface area contributed by atoms with Crippen molar-refractivity contribution in [2.24, 2.45) is 11.3 Å². The minimum absolute atomic E-state index is 0.0400. The lowest BCUT2D eigenvalue weighted by Crippen LogP contribution is -2.47. The third-order valence-corrected chi connectivity index (χ3v) is 4.66. The Balaban J connectivity index is 2.05. The molecule has 2 amide bonds. The van der Waals surface area contributed by atoms with Crippen LogP contribution in [0.3, 0.4) is 0 Å². The van der Waals surface area contributed by atoms with Crippen LogP contribution in [-0.4, -0.2) is 29.8 Å². The van der Waals surface area contributed by atoms with Crippen LogP contribution in [0.1, 0.15) is 39.2 Å². The smallest absolute Gasteiger partial charge is 0.229 e. The first-order valence-electron chi connectivity index (χ1n) is 8.05. The molecule has 1 aliphatic rings. The van der Waals surface area contributed by atoms with Crippen LogP contribution in [0.4, 0.5) is 5.69 Å². The number of benzene rings is 1. The number of carbonyl (C=O) groups excluding carboxylic acids is 2. The number of halogens is 1. The molecule has 23 heavy (non-hydrogen) atoms. The molecule has 0 spiro atoms. The van der Waals surface area contributed by atoms with Gasteiger partial charge in [0.25, 0.3) is 0 Å². The highest BCUT2D eigenvalue weighted by molar-refractivity contribution is 6.31. The highest BCUT2D eigenvalue weighted by atomic mass is 35.5. The minimum atomic E-state index is -0.415. The SMILES string of the molecule is Cc1c(Cl)cccc1NC(=O)C1CCCN(C(=O)C(C)(C)C)C1. The number of rotatable bonds is 2. The number of likely N-dealkylation sites (tertiary alicyclic amines) is 1. The highest BCUT2D eigenvalue weighted by Crippen LogP contribution is 2.26. The van der Waals surface area contributed by atoms with Gasteiger partial charge < -0.3 is 10.2 Å². The van der Waals surface area contributed by atoms with E-state index >= 15 is 0 Å². The number of hydrogen-bond acceptors (Lipinski definition) is 2. The normalized spacial score (nSPS) is 18.7. The van der Waals surface area contributed by atoms with Crippen LogP contribution in [-0.2, 0) is 9.59 Å². The van der Waals surface area contributed by atoms with E-state index in [4.69, 9.17) is 11.6 Å². The number of anilines is 1. The Hall–Kier alpha value is -1.55. The third kappa shape index (κ3) is 4.25. The highest BCUT2D eigenvalue weighted by Gasteiger charge is 2.33. The van der Waals surface area contributed by atoms with Gasteiger partial charge in [-0.25, -0.2) is 0 Å². The molecule has 0 aromatic heterocycles. The van der Waals surface area contributed by atoms with Crippen LogP contribution in [0, 0.1) is 18.3 Å². The summed E-state index contributed by atoms with van der Waals surface area (Å²) in [6, 6.07) is 5.47. The molecule has 1 fully saturated rings. The molecule has 0 aliphatic carbocycles. The van der Waals surface area contributed by atoms with Gasteiger partial charge in [0.15, 0.2) is 0 Å². The van der Waals surface area contributed by atoms with Crippen molar-refractivity contribution in [3.63, 3.8) is 0 Å². The molecule has 1 aliphatic heterocycles. The van der Waals surface area contributed by atoms with Crippen LogP contribution in [0.15, 0.2) is 18.2 Å². The maximum Gasteiger partial charge on any atom is 0.229 e. The first kappa shape index (κ1) is 17.8.